The molecule has 1 heterocycles. The molecule has 0 aliphatic rings. The summed E-state index contributed by atoms with van der Waals surface area (Å²) in [4.78, 5) is 26.5. The summed E-state index contributed by atoms with van der Waals surface area (Å²) in [7, 11) is 0. The molecule has 7 heteroatoms. The van der Waals surface area contributed by atoms with Crippen LogP contribution in [0.2, 0.25) is 0 Å². The lowest BCUT2D eigenvalue weighted by Crippen LogP contribution is -2.27. The third-order valence-electron chi connectivity index (χ3n) is 2.77. The molecule has 0 aliphatic carbocycles. The molecule has 1 aromatic heterocycles. The number of hydrogen-bond donors (Lipinski definition) is 0. The van der Waals surface area contributed by atoms with Crippen LogP contribution in [0.5, 0.6) is 0 Å². The van der Waals surface area contributed by atoms with E-state index < -0.39 is 16.6 Å². The van der Waals surface area contributed by atoms with Crippen LogP contribution in [-0.4, -0.2) is 26.2 Å². The average molecular weight is 315 g/mol. The molecule has 0 spiro atoms. The molecule has 0 bridgehead atoms. The maximum Gasteiger partial charge on any atom is 0.420 e. The highest BCUT2D eigenvalue weighted by atomic mass is 16.6. The maximum absolute atomic E-state index is 12.1. The maximum atomic E-state index is 12.1. The molecular weight excluding hydrogens is 298 g/mol. The Hall–Kier alpha value is -2.96. The van der Waals surface area contributed by atoms with Gasteiger partial charge in [-0.3, -0.25) is 10.1 Å². The van der Waals surface area contributed by atoms with E-state index in [0.29, 0.717) is 11.4 Å². The van der Waals surface area contributed by atoms with Gasteiger partial charge in [-0.1, -0.05) is 18.2 Å². The van der Waals surface area contributed by atoms with Crippen molar-refractivity contribution in [2.75, 3.05) is 0 Å². The number of carbonyl (C=O) groups excluding carboxylic acids is 1. The lowest BCUT2D eigenvalue weighted by molar-refractivity contribution is -0.384. The van der Waals surface area contributed by atoms with Crippen molar-refractivity contribution >= 4 is 23.9 Å². The lowest BCUT2D eigenvalue weighted by Gasteiger charge is -2.19. The molecule has 23 heavy (non-hydrogen) atoms. The molecule has 0 atom stereocenters. The fourth-order valence-corrected chi connectivity index (χ4v) is 1.82. The zero-order valence-electron chi connectivity index (χ0n) is 13.1. The van der Waals surface area contributed by atoms with Gasteiger partial charge < -0.3 is 4.74 Å². The van der Waals surface area contributed by atoms with Crippen LogP contribution in [0.25, 0.3) is 12.2 Å². The van der Waals surface area contributed by atoms with Crippen molar-refractivity contribution in [3.8, 4) is 0 Å². The van der Waals surface area contributed by atoms with Crippen LogP contribution in [0.3, 0.4) is 0 Å². The normalized spacial score (nSPS) is 11.6. The number of hydrogen-bond acceptors (Lipinski definition) is 5. The zero-order chi connectivity index (χ0) is 17.0. The van der Waals surface area contributed by atoms with Gasteiger partial charge in [-0.05, 0) is 32.4 Å². The number of non-ortho nitro benzene ring substituents is 1. The molecular formula is C16H17N3O4. The Bertz CT molecular complexity index is 757. The summed E-state index contributed by atoms with van der Waals surface area (Å²) in [5, 5.41) is 10.8. The Morgan fingerprint density at radius 2 is 2.09 bits per heavy atom. The van der Waals surface area contributed by atoms with E-state index in [9.17, 15) is 14.9 Å². The second-order valence-electron chi connectivity index (χ2n) is 5.82. The van der Waals surface area contributed by atoms with Gasteiger partial charge >= 0.3 is 6.09 Å². The molecule has 0 saturated heterocycles. The van der Waals surface area contributed by atoms with Crippen molar-refractivity contribution in [2.45, 2.75) is 26.4 Å². The summed E-state index contributed by atoms with van der Waals surface area (Å²) in [6.07, 6.45) is 5.70. The van der Waals surface area contributed by atoms with E-state index in [0.717, 1.165) is 0 Å². The van der Waals surface area contributed by atoms with E-state index in [2.05, 4.69) is 4.98 Å². The number of nitro groups is 1. The highest BCUT2D eigenvalue weighted by Crippen LogP contribution is 2.16. The molecule has 0 N–H and O–H groups in total. The molecule has 0 aliphatic heterocycles. The van der Waals surface area contributed by atoms with Gasteiger partial charge in [0.05, 0.1) is 4.92 Å². The summed E-state index contributed by atoms with van der Waals surface area (Å²) in [5.41, 5.74) is 0.0307. The van der Waals surface area contributed by atoms with Gasteiger partial charge in [-0.15, -0.1) is 0 Å². The monoisotopic (exact) mass is 315 g/mol. The fraction of sp³-hybridized carbons (Fsp3) is 0.250. The highest BCUT2D eigenvalue weighted by Gasteiger charge is 2.19. The molecule has 2 rings (SSSR count). The van der Waals surface area contributed by atoms with Gasteiger partial charge in [-0.2, -0.15) is 0 Å². The first-order chi connectivity index (χ1) is 10.8. The van der Waals surface area contributed by atoms with Crippen LogP contribution in [0.4, 0.5) is 10.5 Å². The molecule has 0 amide bonds. The minimum atomic E-state index is -0.609. The predicted octanol–water partition coefficient (Wildman–Crippen LogP) is 3.74. The summed E-state index contributed by atoms with van der Waals surface area (Å²) >= 11 is 0. The Morgan fingerprint density at radius 1 is 1.35 bits per heavy atom. The van der Waals surface area contributed by atoms with Crippen molar-refractivity contribution in [1.29, 1.82) is 0 Å². The van der Waals surface area contributed by atoms with Gasteiger partial charge in [0, 0.05) is 24.5 Å². The number of nitro benzene ring substituents is 1. The standard InChI is InChI=1S/C16H17N3O4/c1-16(2,3)23-15(20)18-10-9-17-14(18)8-7-12-5-4-6-13(11-12)19(21)22/h4-11H,1-3H3/b8-7+. The van der Waals surface area contributed by atoms with Crippen LogP contribution in [0.15, 0.2) is 36.7 Å². The lowest BCUT2D eigenvalue weighted by atomic mass is 10.2. The van der Waals surface area contributed by atoms with Crippen LogP contribution >= 0.6 is 0 Å². The van der Waals surface area contributed by atoms with Crippen LogP contribution in [0, 0.1) is 10.1 Å². The highest BCUT2D eigenvalue weighted by molar-refractivity contribution is 5.76. The minimum Gasteiger partial charge on any atom is -0.443 e. The molecule has 0 saturated carbocycles. The second-order valence-corrected chi connectivity index (χ2v) is 5.82. The van der Waals surface area contributed by atoms with E-state index in [-0.39, 0.29) is 5.69 Å². The quantitative estimate of drug-likeness (QED) is 0.636. The fourth-order valence-electron chi connectivity index (χ4n) is 1.82. The van der Waals surface area contributed by atoms with Crippen LogP contribution < -0.4 is 0 Å². The first-order valence-electron chi connectivity index (χ1n) is 6.95. The van der Waals surface area contributed by atoms with Crippen molar-refractivity contribution in [1.82, 2.24) is 9.55 Å². The number of ether oxygens (including phenoxy) is 1. The topological polar surface area (TPSA) is 87.3 Å². The Kier molecular flexibility index (Phi) is 4.59. The van der Waals surface area contributed by atoms with Crippen molar-refractivity contribution < 1.29 is 14.5 Å². The van der Waals surface area contributed by atoms with E-state index in [1.165, 1.54) is 29.1 Å². The van der Waals surface area contributed by atoms with Crippen molar-refractivity contribution in [3.63, 3.8) is 0 Å². The number of aromatic nitrogens is 2. The van der Waals surface area contributed by atoms with E-state index >= 15 is 0 Å². The molecule has 0 fully saturated rings. The van der Waals surface area contributed by atoms with Crippen molar-refractivity contribution in [3.05, 3.63) is 58.2 Å². The first-order valence-corrected chi connectivity index (χ1v) is 6.95. The molecule has 0 radical (unpaired) electrons. The van der Waals surface area contributed by atoms with Gasteiger partial charge in [0.15, 0.2) is 0 Å². The number of benzene rings is 1. The van der Waals surface area contributed by atoms with E-state index in [1.807, 2.05) is 0 Å². The van der Waals surface area contributed by atoms with Crippen LogP contribution in [-0.2, 0) is 4.74 Å². The zero-order valence-corrected chi connectivity index (χ0v) is 13.1. The number of imidazole rings is 1. The molecule has 7 nitrogen and oxygen atoms in total. The molecule has 2 aromatic rings. The second kappa shape index (κ2) is 6.43. The largest absolute Gasteiger partial charge is 0.443 e. The summed E-state index contributed by atoms with van der Waals surface area (Å²) < 4.78 is 6.56. The third-order valence-corrected chi connectivity index (χ3v) is 2.77. The molecule has 0 unspecified atom stereocenters. The predicted molar refractivity (Wildman–Crippen MR) is 85.9 cm³/mol. The average Bonchev–Trinajstić information content (AvgIpc) is 2.92. The smallest absolute Gasteiger partial charge is 0.420 e. The molecule has 1 aromatic carbocycles. The summed E-state index contributed by atoms with van der Waals surface area (Å²) in [5.74, 6) is 0.380. The van der Waals surface area contributed by atoms with Gasteiger partial charge in [-0.25, -0.2) is 14.3 Å². The minimum absolute atomic E-state index is 0.00244. The van der Waals surface area contributed by atoms with E-state index in [4.69, 9.17) is 4.74 Å². The van der Waals surface area contributed by atoms with Gasteiger partial charge in [0.1, 0.15) is 11.4 Å². The Balaban J connectivity index is 2.21. The summed E-state index contributed by atoms with van der Waals surface area (Å²) in [6.45, 7) is 5.33. The molecule has 120 valence electrons. The number of nitrogens with zero attached hydrogens (tertiary/aromatic N) is 3. The Labute approximate surface area is 133 Å². The Morgan fingerprint density at radius 3 is 2.74 bits per heavy atom. The van der Waals surface area contributed by atoms with Gasteiger partial charge in [0.2, 0.25) is 0 Å². The van der Waals surface area contributed by atoms with Crippen molar-refractivity contribution in [2.24, 2.45) is 0 Å². The number of carbonyl (C=O) groups is 1. The van der Waals surface area contributed by atoms with Gasteiger partial charge in [0.25, 0.3) is 5.69 Å². The SMILES string of the molecule is CC(C)(C)OC(=O)n1ccnc1/C=C/c1cccc([N+](=O)[O-])c1. The summed E-state index contributed by atoms with van der Waals surface area (Å²) in [6, 6.07) is 6.18. The first kappa shape index (κ1) is 16.4. The van der Waals surface area contributed by atoms with E-state index in [1.54, 1.807) is 45.1 Å². The third kappa shape index (κ3) is 4.50. The number of rotatable bonds is 3. The van der Waals surface area contributed by atoms with Crippen LogP contribution in [0.1, 0.15) is 32.2 Å².